The zero-order chi connectivity index (χ0) is 11.3. The maximum Gasteiger partial charge on any atom is 0.339 e. The highest BCUT2D eigenvalue weighted by atomic mass is 16.5. The van der Waals surface area contributed by atoms with Crippen LogP contribution in [0.2, 0.25) is 0 Å². The Kier molecular flexibility index (Phi) is 3.93. The molecule has 0 amide bonds. The van der Waals surface area contributed by atoms with Gasteiger partial charge in [0.1, 0.15) is 11.3 Å². The van der Waals surface area contributed by atoms with Crippen molar-refractivity contribution in [2.75, 3.05) is 18.9 Å². The van der Waals surface area contributed by atoms with Gasteiger partial charge in [-0.2, -0.15) is 0 Å². The van der Waals surface area contributed by atoms with Gasteiger partial charge in [-0.05, 0) is 31.2 Å². The van der Waals surface area contributed by atoms with Crippen LogP contribution in [-0.4, -0.2) is 24.2 Å². The van der Waals surface area contributed by atoms with E-state index in [-0.39, 0.29) is 5.56 Å². The highest BCUT2D eigenvalue weighted by Crippen LogP contribution is 2.21. The van der Waals surface area contributed by atoms with Gasteiger partial charge in [-0.1, -0.05) is 0 Å². The molecule has 0 aliphatic carbocycles. The van der Waals surface area contributed by atoms with E-state index in [2.05, 4.69) is 0 Å². The van der Waals surface area contributed by atoms with Crippen molar-refractivity contribution in [2.45, 2.75) is 6.42 Å². The second-order valence-corrected chi connectivity index (χ2v) is 3.05. The summed E-state index contributed by atoms with van der Waals surface area (Å²) in [4.78, 5) is 10.8. The van der Waals surface area contributed by atoms with Crippen LogP contribution in [0, 0.1) is 0 Å². The van der Waals surface area contributed by atoms with E-state index in [0.29, 0.717) is 31.0 Å². The van der Waals surface area contributed by atoms with Gasteiger partial charge in [0.05, 0.1) is 6.61 Å². The third-order valence-corrected chi connectivity index (χ3v) is 1.84. The lowest BCUT2D eigenvalue weighted by atomic mass is 10.2. The number of carboxylic acids is 1. The number of carbonyl (C=O) groups is 1. The van der Waals surface area contributed by atoms with Gasteiger partial charge >= 0.3 is 5.97 Å². The third-order valence-electron chi connectivity index (χ3n) is 1.84. The van der Waals surface area contributed by atoms with Gasteiger partial charge in [0, 0.05) is 5.69 Å². The number of aromatic carboxylic acids is 1. The lowest BCUT2D eigenvalue weighted by Gasteiger charge is -2.08. The Morgan fingerprint density at radius 2 is 2.20 bits per heavy atom. The molecule has 1 rings (SSSR count). The van der Waals surface area contributed by atoms with Gasteiger partial charge < -0.3 is 21.3 Å². The Morgan fingerprint density at radius 1 is 1.47 bits per heavy atom. The second-order valence-electron chi connectivity index (χ2n) is 3.05. The molecule has 0 saturated carbocycles. The molecule has 5 heteroatoms. The molecule has 0 atom stereocenters. The van der Waals surface area contributed by atoms with Crippen LogP contribution < -0.4 is 16.2 Å². The van der Waals surface area contributed by atoms with Crippen molar-refractivity contribution in [2.24, 2.45) is 5.73 Å². The molecule has 1 aromatic rings. The predicted molar refractivity (Wildman–Crippen MR) is 57.0 cm³/mol. The van der Waals surface area contributed by atoms with Crippen LogP contribution in [0.15, 0.2) is 18.2 Å². The van der Waals surface area contributed by atoms with E-state index in [1.165, 1.54) is 6.07 Å². The molecule has 0 aliphatic heterocycles. The second kappa shape index (κ2) is 5.21. The van der Waals surface area contributed by atoms with E-state index < -0.39 is 5.97 Å². The summed E-state index contributed by atoms with van der Waals surface area (Å²) in [5.41, 5.74) is 11.3. The fourth-order valence-electron chi connectivity index (χ4n) is 1.11. The number of benzene rings is 1. The van der Waals surface area contributed by atoms with E-state index in [1.807, 2.05) is 0 Å². The number of ether oxygens (including phenoxy) is 1. The van der Waals surface area contributed by atoms with Gasteiger partial charge in [-0.25, -0.2) is 4.79 Å². The van der Waals surface area contributed by atoms with Crippen molar-refractivity contribution in [3.8, 4) is 5.75 Å². The topological polar surface area (TPSA) is 98.6 Å². The number of hydrogen-bond acceptors (Lipinski definition) is 4. The summed E-state index contributed by atoms with van der Waals surface area (Å²) in [5.74, 6) is -0.727. The number of nitrogen functional groups attached to an aromatic ring is 1. The van der Waals surface area contributed by atoms with Crippen LogP contribution in [0.4, 0.5) is 5.69 Å². The first-order chi connectivity index (χ1) is 7.15. The summed E-state index contributed by atoms with van der Waals surface area (Å²) in [6, 6.07) is 4.53. The fourth-order valence-corrected chi connectivity index (χ4v) is 1.11. The van der Waals surface area contributed by atoms with Crippen LogP contribution in [-0.2, 0) is 0 Å². The van der Waals surface area contributed by atoms with Crippen LogP contribution >= 0.6 is 0 Å². The Labute approximate surface area is 87.6 Å². The van der Waals surface area contributed by atoms with Crippen molar-refractivity contribution in [3.05, 3.63) is 23.8 Å². The quantitative estimate of drug-likeness (QED) is 0.490. The van der Waals surface area contributed by atoms with Crippen LogP contribution in [0.3, 0.4) is 0 Å². The first kappa shape index (κ1) is 11.3. The molecule has 0 fully saturated rings. The van der Waals surface area contributed by atoms with Gasteiger partial charge in [0.15, 0.2) is 0 Å². The first-order valence-electron chi connectivity index (χ1n) is 4.61. The Bertz CT molecular complexity index is 353. The van der Waals surface area contributed by atoms with Gasteiger partial charge in [0.25, 0.3) is 0 Å². The zero-order valence-corrected chi connectivity index (χ0v) is 8.27. The van der Waals surface area contributed by atoms with Crippen LogP contribution in [0.1, 0.15) is 16.8 Å². The number of carboxylic acid groups (broad SMARTS) is 1. The van der Waals surface area contributed by atoms with Crippen molar-refractivity contribution in [1.29, 1.82) is 0 Å². The van der Waals surface area contributed by atoms with Crippen molar-refractivity contribution in [3.63, 3.8) is 0 Å². The average Bonchev–Trinajstić information content (AvgIpc) is 2.20. The van der Waals surface area contributed by atoms with Gasteiger partial charge in [0.2, 0.25) is 0 Å². The maximum absolute atomic E-state index is 10.8. The minimum atomic E-state index is -1.05. The fraction of sp³-hybridized carbons (Fsp3) is 0.300. The lowest BCUT2D eigenvalue weighted by molar-refractivity contribution is 0.0692. The molecule has 5 nitrogen and oxygen atoms in total. The molecule has 0 aromatic heterocycles. The van der Waals surface area contributed by atoms with E-state index >= 15 is 0 Å². The summed E-state index contributed by atoms with van der Waals surface area (Å²) >= 11 is 0. The summed E-state index contributed by atoms with van der Waals surface area (Å²) < 4.78 is 5.28. The Balaban J connectivity index is 2.81. The number of hydrogen-bond donors (Lipinski definition) is 3. The Morgan fingerprint density at radius 3 is 2.80 bits per heavy atom. The van der Waals surface area contributed by atoms with E-state index in [4.69, 9.17) is 21.3 Å². The molecule has 0 unspecified atom stereocenters. The standard InChI is InChI=1S/C10H14N2O3/c11-4-1-5-15-9-3-2-7(12)6-8(9)10(13)14/h2-3,6H,1,4-5,11-12H2,(H,13,14). The molecule has 0 aliphatic rings. The summed E-state index contributed by atoms with van der Waals surface area (Å²) in [7, 11) is 0. The first-order valence-corrected chi connectivity index (χ1v) is 4.61. The Hall–Kier alpha value is -1.75. The molecule has 0 bridgehead atoms. The number of anilines is 1. The molecular weight excluding hydrogens is 196 g/mol. The van der Waals surface area contributed by atoms with E-state index in [0.717, 1.165) is 0 Å². The summed E-state index contributed by atoms with van der Waals surface area (Å²) in [5, 5.41) is 8.89. The normalized spacial score (nSPS) is 9.93. The van der Waals surface area contributed by atoms with Crippen LogP contribution in [0.25, 0.3) is 0 Å². The number of rotatable bonds is 5. The molecule has 15 heavy (non-hydrogen) atoms. The van der Waals surface area contributed by atoms with Crippen LogP contribution in [0.5, 0.6) is 5.75 Å². The highest BCUT2D eigenvalue weighted by molar-refractivity contribution is 5.92. The molecule has 0 radical (unpaired) electrons. The van der Waals surface area contributed by atoms with E-state index in [9.17, 15) is 4.79 Å². The SMILES string of the molecule is NCCCOc1ccc(N)cc1C(=O)O. The highest BCUT2D eigenvalue weighted by Gasteiger charge is 2.11. The predicted octanol–water partition coefficient (Wildman–Crippen LogP) is 0.695. The average molecular weight is 210 g/mol. The maximum atomic E-state index is 10.8. The van der Waals surface area contributed by atoms with Gasteiger partial charge in [-0.15, -0.1) is 0 Å². The molecule has 0 saturated heterocycles. The summed E-state index contributed by atoms with van der Waals surface area (Å²) in [6.07, 6.45) is 0.684. The largest absolute Gasteiger partial charge is 0.493 e. The van der Waals surface area contributed by atoms with Crippen molar-refractivity contribution in [1.82, 2.24) is 0 Å². The third kappa shape index (κ3) is 3.14. The molecule has 0 spiro atoms. The minimum absolute atomic E-state index is 0.0759. The molecule has 1 aromatic carbocycles. The van der Waals surface area contributed by atoms with Gasteiger partial charge in [-0.3, -0.25) is 0 Å². The lowest BCUT2D eigenvalue weighted by Crippen LogP contribution is -2.09. The summed E-state index contributed by atoms with van der Waals surface area (Å²) in [6.45, 7) is 0.915. The molecule has 0 heterocycles. The van der Waals surface area contributed by atoms with E-state index in [1.54, 1.807) is 12.1 Å². The molecule has 82 valence electrons. The van der Waals surface area contributed by atoms with Crippen molar-refractivity contribution < 1.29 is 14.6 Å². The minimum Gasteiger partial charge on any atom is -0.493 e. The molecular formula is C10H14N2O3. The van der Waals surface area contributed by atoms with Crippen molar-refractivity contribution >= 4 is 11.7 Å². The zero-order valence-electron chi connectivity index (χ0n) is 8.27. The molecule has 5 N–H and O–H groups in total. The smallest absolute Gasteiger partial charge is 0.339 e. The monoisotopic (exact) mass is 210 g/mol. The number of nitrogens with two attached hydrogens (primary N) is 2.